The topological polar surface area (TPSA) is 84.9 Å². The zero-order valence-electron chi connectivity index (χ0n) is 16.8. The average Bonchev–Trinajstić information content (AvgIpc) is 2.68. The fraction of sp³-hybridized carbons (Fsp3) is 0.381. The Morgan fingerprint density at radius 3 is 2.34 bits per heavy atom. The van der Waals surface area contributed by atoms with E-state index in [1.807, 2.05) is 20.8 Å². The number of hydrogen-bond donors (Lipinski definition) is 1. The van der Waals surface area contributed by atoms with Crippen LogP contribution in [0.25, 0.3) is 0 Å². The zero-order chi connectivity index (χ0) is 21.0. The first kappa shape index (κ1) is 21.3. The van der Waals surface area contributed by atoms with Crippen molar-refractivity contribution in [1.29, 1.82) is 0 Å². The molecule has 1 N–H and O–H groups in total. The van der Waals surface area contributed by atoms with Crippen LogP contribution < -0.4 is 10.1 Å². The van der Waals surface area contributed by atoms with Crippen LogP contribution in [0.15, 0.2) is 53.4 Å². The van der Waals surface area contributed by atoms with Gasteiger partial charge in [-0.25, -0.2) is 8.42 Å². The van der Waals surface area contributed by atoms with Gasteiger partial charge in [0.05, 0.1) is 29.3 Å². The highest BCUT2D eigenvalue weighted by molar-refractivity contribution is 7.89. The summed E-state index contributed by atoms with van der Waals surface area (Å²) in [6.45, 7) is 6.66. The van der Waals surface area contributed by atoms with Crippen molar-refractivity contribution in [2.24, 2.45) is 0 Å². The zero-order valence-corrected chi connectivity index (χ0v) is 17.6. The Kier molecular flexibility index (Phi) is 6.56. The number of carbonyl (C=O) groups excluding carboxylic acids is 1. The maximum Gasteiger partial charge on any atom is 0.259 e. The normalized spacial score (nSPS) is 20.2. The first-order valence-corrected chi connectivity index (χ1v) is 11.0. The van der Waals surface area contributed by atoms with Gasteiger partial charge >= 0.3 is 0 Å². The third kappa shape index (κ3) is 4.95. The average molecular weight is 419 g/mol. The molecule has 0 aromatic heterocycles. The summed E-state index contributed by atoms with van der Waals surface area (Å²) in [4.78, 5) is 12.8. The molecule has 1 aliphatic heterocycles. The molecule has 1 aliphatic rings. The van der Waals surface area contributed by atoms with E-state index in [2.05, 4.69) is 5.32 Å². The first-order chi connectivity index (χ1) is 13.8. The molecule has 2 unspecified atom stereocenters. The number of morpholine rings is 1. The minimum atomic E-state index is -3.62. The number of para-hydroxylation sites is 1. The number of ether oxygens (including phenoxy) is 2. The molecule has 156 valence electrons. The predicted molar refractivity (Wildman–Crippen MR) is 111 cm³/mol. The Balaban J connectivity index is 1.74. The number of nitrogens with one attached hydrogen (secondary N) is 1. The number of hydrogen-bond acceptors (Lipinski definition) is 5. The van der Waals surface area contributed by atoms with Gasteiger partial charge in [0.15, 0.2) is 0 Å². The molecule has 0 bridgehead atoms. The number of anilines is 1. The van der Waals surface area contributed by atoms with Gasteiger partial charge in [-0.2, -0.15) is 4.31 Å². The Bertz CT molecular complexity index is 949. The smallest absolute Gasteiger partial charge is 0.259 e. The molecular formula is C21H26N2O5S. The molecule has 1 saturated heterocycles. The Labute approximate surface area is 171 Å². The number of benzene rings is 2. The molecule has 7 nitrogen and oxygen atoms in total. The Hall–Kier alpha value is -2.42. The van der Waals surface area contributed by atoms with Crippen LogP contribution in [-0.2, 0) is 14.8 Å². The van der Waals surface area contributed by atoms with E-state index in [-0.39, 0.29) is 23.0 Å². The van der Waals surface area contributed by atoms with Gasteiger partial charge in [-0.05, 0) is 57.2 Å². The van der Waals surface area contributed by atoms with Crippen molar-refractivity contribution < 1.29 is 22.7 Å². The maximum absolute atomic E-state index is 12.9. The highest BCUT2D eigenvalue weighted by Crippen LogP contribution is 2.24. The predicted octanol–water partition coefficient (Wildman–Crippen LogP) is 3.14. The van der Waals surface area contributed by atoms with Crippen molar-refractivity contribution in [3.05, 3.63) is 54.1 Å². The van der Waals surface area contributed by atoms with E-state index < -0.39 is 10.0 Å². The van der Waals surface area contributed by atoms with E-state index in [9.17, 15) is 13.2 Å². The fourth-order valence-corrected chi connectivity index (χ4v) is 4.91. The summed E-state index contributed by atoms with van der Waals surface area (Å²) in [5.41, 5.74) is 0.923. The van der Waals surface area contributed by atoms with Gasteiger partial charge in [-0.15, -0.1) is 0 Å². The van der Waals surface area contributed by atoms with Gasteiger partial charge in [0.25, 0.3) is 5.91 Å². The van der Waals surface area contributed by atoms with Crippen LogP contribution in [0.5, 0.6) is 5.75 Å². The fourth-order valence-electron chi connectivity index (χ4n) is 3.32. The SMILES string of the molecule is CCOc1ccccc1C(=O)Nc1ccc(S(=O)(=O)N2CC(C)OC(C)C2)cc1. The van der Waals surface area contributed by atoms with Gasteiger partial charge < -0.3 is 14.8 Å². The highest BCUT2D eigenvalue weighted by atomic mass is 32.2. The number of amides is 1. The quantitative estimate of drug-likeness (QED) is 0.779. The monoisotopic (exact) mass is 418 g/mol. The summed E-state index contributed by atoms with van der Waals surface area (Å²) in [7, 11) is -3.62. The minimum Gasteiger partial charge on any atom is -0.493 e. The largest absolute Gasteiger partial charge is 0.493 e. The summed E-state index contributed by atoms with van der Waals surface area (Å²) < 4.78 is 38.4. The molecule has 3 rings (SSSR count). The van der Waals surface area contributed by atoms with Gasteiger partial charge in [-0.1, -0.05) is 12.1 Å². The van der Waals surface area contributed by atoms with E-state index >= 15 is 0 Å². The number of sulfonamides is 1. The molecule has 1 fully saturated rings. The van der Waals surface area contributed by atoms with Crippen LogP contribution in [0.2, 0.25) is 0 Å². The molecule has 0 spiro atoms. The second-order valence-corrected chi connectivity index (χ2v) is 8.92. The Morgan fingerprint density at radius 2 is 1.72 bits per heavy atom. The molecule has 2 atom stereocenters. The van der Waals surface area contributed by atoms with Crippen molar-refractivity contribution in [2.45, 2.75) is 37.9 Å². The van der Waals surface area contributed by atoms with E-state index in [0.29, 0.717) is 36.7 Å². The number of carbonyl (C=O) groups is 1. The minimum absolute atomic E-state index is 0.155. The number of rotatable bonds is 6. The Morgan fingerprint density at radius 1 is 1.10 bits per heavy atom. The molecule has 1 amide bonds. The van der Waals surface area contributed by atoms with Crippen LogP contribution in [-0.4, -0.2) is 50.5 Å². The molecule has 2 aromatic carbocycles. The summed E-state index contributed by atoms with van der Waals surface area (Å²) in [6.07, 6.45) is -0.310. The highest BCUT2D eigenvalue weighted by Gasteiger charge is 2.32. The van der Waals surface area contributed by atoms with Crippen molar-refractivity contribution in [1.82, 2.24) is 4.31 Å². The van der Waals surface area contributed by atoms with Crippen LogP contribution >= 0.6 is 0 Å². The van der Waals surface area contributed by atoms with Crippen LogP contribution in [0, 0.1) is 0 Å². The van der Waals surface area contributed by atoms with Crippen LogP contribution in [0.1, 0.15) is 31.1 Å². The van der Waals surface area contributed by atoms with Gasteiger partial charge in [0.2, 0.25) is 10.0 Å². The summed E-state index contributed by atoms with van der Waals surface area (Å²) in [6, 6.07) is 13.2. The lowest BCUT2D eigenvalue weighted by Gasteiger charge is -2.34. The van der Waals surface area contributed by atoms with E-state index in [0.717, 1.165) is 0 Å². The second-order valence-electron chi connectivity index (χ2n) is 6.99. The van der Waals surface area contributed by atoms with Gasteiger partial charge in [0, 0.05) is 18.8 Å². The lowest BCUT2D eigenvalue weighted by Crippen LogP contribution is -2.48. The molecule has 0 saturated carbocycles. The standard InChI is InChI=1S/C21H26N2O5S/c1-4-27-20-8-6-5-7-19(20)21(24)22-17-9-11-18(12-10-17)29(25,26)23-13-15(2)28-16(3)14-23/h5-12,15-16H,4,13-14H2,1-3H3,(H,22,24). The summed E-state index contributed by atoms with van der Waals surface area (Å²) in [5.74, 6) is 0.183. The van der Waals surface area contributed by atoms with Crippen molar-refractivity contribution >= 4 is 21.6 Å². The summed E-state index contributed by atoms with van der Waals surface area (Å²) in [5, 5.41) is 2.78. The first-order valence-electron chi connectivity index (χ1n) is 9.60. The summed E-state index contributed by atoms with van der Waals surface area (Å²) >= 11 is 0. The molecule has 8 heteroatoms. The third-order valence-corrected chi connectivity index (χ3v) is 6.41. The molecule has 29 heavy (non-hydrogen) atoms. The van der Waals surface area contributed by atoms with Crippen LogP contribution in [0.4, 0.5) is 5.69 Å². The molecular weight excluding hydrogens is 392 g/mol. The number of nitrogens with zero attached hydrogens (tertiary/aromatic N) is 1. The van der Waals surface area contributed by atoms with Gasteiger partial charge in [-0.3, -0.25) is 4.79 Å². The van der Waals surface area contributed by atoms with E-state index in [1.165, 1.54) is 16.4 Å². The molecule has 0 radical (unpaired) electrons. The lowest BCUT2D eigenvalue weighted by atomic mass is 10.2. The molecule has 0 aliphatic carbocycles. The van der Waals surface area contributed by atoms with Gasteiger partial charge in [0.1, 0.15) is 5.75 Å². The van der Waals surface area contributed by atoms with Crippen molar-refractivity contribution in [2.75, 3.05) is 25.0 Å². The third-order valence-electron chi connectivity index (χ3n) is 4.57. The second kappa shape index (κ2) is 8.94. The maximum atomic E-state index is 12.9. The lowest BCUT2D eigenvalue weighted by molar-refractivity contribution is -0.0440. The van der Waals surface area contributed by atoms with Crippen molar-refractivity contribution in [3.8, 4) is 5.75 Å². The van der Waals surface area contributed by atoms with Crippen molar-refractivity contribution in [3.63, 3.8) is 0 Å². The van der Waals surface area contributed by atoms with E-state index in [1.54, 1.807) is 36.4 Å². The van der Waals surface area contributed by atoms with E-state index in [4.69, 9.17) is 9.47 Å². The molecule has 1 heterocycles. The molecule has 2 aromatic rings. The van der Waals surface area contributed by atoms with Crippen LogP contribution in [0.3, 0.4) is 0 Å².